The number of aromatic nitrogens is 2. The van der Waals surface area contributed by atoms with Crippen LogP contribution in [-0.4, -0.2) is 81.6 Å². The van der Waals surface area contributed by atoms with Crippen molar-refractivity contribution in [2.45, 2.75) is 49.7 Å². The average Bonchev–Trinajstić information content (AvgIpc) is 3.00. The first-order valence-corrected chi connectivity index (χ1v) is 12.7. The molecule has 0 spiro atoms. The van der Waals surface area contributed by atoms with E-state index in [2.05, 4.69) is 26.8 Å². The number of aryl methyl sites for hydroxylation is 2. The van der Waals surface area contributed by atoms with Crippen LogP contribution in [0.1, 0.15) is 29.8 Å². The molecule has 1 amide bonds. The van der Waals surface area contributed by atoms with Gasteiger partial charge in [0.05, 0.1) is 6.04 Å². The minimum Gasteiger partial charge on any atom is -0.340 e. The maximum Gasteiger partial charge on any atom is 0.240 e. The highest BCUT2D eigenvalue weighted by Gasteiger charge is 2.40. The van der Waals surface area contributed by atoms with E-state index in [0.29, 0.717) is 30.1 Å². The lowest BCUT2D eigenvalue weighted by molar-refractivity contribution is -0.136. The smallest absolute Gasteiger partial charge is 0.240 e. The summed E-state index contributed by atoms with van der Waals surface area (Å²) in [4.78, 5) is 29.1. The van der Waals surface area contributed by atoms with Crippen molar-refractivity contribution < 1.29 is 9.18 Å². The van der Waals surface area contributed by atoms with Crippen molar-refractivity contribution in [3.05, 3.63) is 52.1 Å². The number of carbonyl (C=O) groups is 1. The van der Waals surface area contributed by atoms with E-state index in [-0.39, 0.29) is 23.0 Å². The van der Waals surface area contributed by atoms with E-state index in [1.54, 1.807) is 23.9 Å². The van der Waals surface area contributed by atoms with Crippen molar-refractivity contribution in [2.24, 2.45) is 0 Å². The molecule has 2 atom stereocenters. The Balaban J connectivity index is 1.55. The number of rotatable bonds is 5. The second-order valence-electron chi connectivity index (χ2n) is 9.04. The number of nitrogens with zero attached hydrogens (tertiary/aromatic N) is 5. The van der Waals surface area contributed by atoms with Crippen LogP contribution in [0.3, 0.4) is 0 Å². The number of amides is 1. The number of likely N-dealkylation sites (tertiary alicyclic amines) is 1. The summed E-state index contributed by atoms with van der Waals surface area (Å²) in [6, 6.07) is 6.37. The summed E-state index contributed by atoms with van der Waals surface area (Å²) in [5.74, 6) is -0.207. The van der Waals surface area contributed by atoms with Crippen LogP contribution in [0.15, 0.2) is 29.4 Å². The molecular weight excluding hydrogens is 461 g/mol. The van der Waals surface area contributed by atoms with Crippen LogP contribution >= 0.6 is 23.4 Å². The van der Waals surface area contributed by atoms with E-state index in [4.69, 9.17) is 11.6 Å². The van der Waals surface area contributed by atoms with Gasteiger partial charge in [-0.05, 0) is 58.5 Å². The lowest BCUT2D eigenvalue weighted by atomic mass is 10.1. The van der Waals surface area contributed by atoms with Gasteiger partial charge in [-0.1, -0.05) is 29.4 Å². The van der Waals surface area contributed by atoms with E-state index in [1.165, 1.54) is 6.07 Å². The summed E-state index contributed by atoms with van der Waals surface area (Å²) >= 11 is 7.93. The molecule has 0 aliphatic carbocycles. The Labute approximate surface area is 204 Å². The summed E-state index contributed by atoms with van der Waals surface area (Å²) in [6.07, 6.45) is 1.64. The van der Waals surface area contributed by atoms with Crippen LogP contribution in [-0.2, 0) is 11.3 Å². The van der Waals surface area contributed by atoms with Crippen molar-refractivity contribution in [1.29, 1.82) is 0 Å². The third-order valence-electron chi connectivity index (χ3n) is 6.34. The molecule has 178 valence electrons. The predicted molar refractivity (Wildman–Crippen MR) is 130 cm³/mol. The van der Waals surface area contributed by atoms with Crippen LogP contribution < -0.4 is 0 Å². The standard InChI is InChI=1S/C24H31ClFN5OS/c1-16-12-17(2)28-24(27-16)33-18-13-22(23(32)30-9-5-8-29(3)10-11-30)31(14-18)15-19-20(25)6-4-7-21(19)26/h4,6-7,12,18,22H,5,8-11,13-15H2,1-3H3/t18-,22+/m1/s1. The highest BCUT2D eigenvalue weighted by Crippen LogP contribution is 2.34. The Kier molecular flexibility index (Phi) is 7.89. The molecule has 0 N–H and O–H groups in total. The summed E-state index contributed by atoms with van der Waals surface area (Å²) in [5, 5.41) is 1.26. The first-order valence-electron chi connectivity index (χ1n) is 11.4. The van der Waals surface area contributed by atoms with Gasteiger partial charge in [-0.25, -0.2) is 14.4 Å². The average molecular weight is 492 g/mol. The number of benzene rings is 1. The number of carbonyl (C=O) groups excluding carboxylic acids is 1. The Morgan fingerprint density at radius 3 is 2.67 bits per heavy atom. The molecule has 2 aromatic rings. The number of halogens is 2. The van der Waals surface area contributed by atoms with Gasteiger partial charge >= 0.3 is 0 Å². The second kappa shape index (κ2) is 10.7. The summed E-state index contributed by atoms with van der Waals surface area (Å²) in [5.41, 5.74) is 2.31. The van der Waals surface area contributed by atoms with E-state index >= 15 is 0 Å². The predicted octanol–water partition coefficient (Wildman–Crippen LogP) is 3.79. The monoisotopic (exact) mass is 491 g/mol. The molecule has 0 radical (unpaired) electrons. The largest absolute Gasteiger partial charge is 0.340 e. The topological polar surface area (TPSA) is 52.6 Å². The Hall–Kier alpha value is -1.74. The van der Waals surface area contributed by atoms with Crippen molar-refractivity contribution in [3.63, 3.8) is 0 Å². The molecule has 9 heteroatoms. The fourth-order valence-electron chi connectivity index (χ4n) is 4.64. The van der Waals surface area contributed by atoms with Gasteiger partial charge in [0.25, 0.3) is 0 Å². The zero-order valence-electron chi connectivity index (χ0n) is 19.4. The van der Waals surface area contributed by atoms with Crippen molar-refractivity contribution >= 4 is 29.3 Å². The van der Waals surface area contributed by atoms with Crippen molar-refractivity contribution in [2.75, 3.05) is 39.8 Å². The van der Waals surface area contributed by atoms with E-state index in [0.717, 1.165) is 49.1 Å². The third-order valence-corrected chi connectivity index (χ3v) is 7.76. The van der Waals surface area contributed by atoms with Crippen molar-refractivity contribution in [3.8, 4) is 0 Å². The van der Waals surface area contributed by atoms with E-state index < -0.39 is 0 Å². The fourth-order valence-corrected chi connectivity index (χ4v) is 6.10. The van der Waals surface area contributed by atoms with Gasteiger partial charge in [0.15, 0.2) is 5.16 Å². The molecule has 33 heavy (non-hydrogen) atoms. The molecule has 0 unspecified atom stereocenters. The molecule has 1 aromatic heterocycles. The summed E-state index contributed by atoms with van der Waals surface area (Å²) in [6.45, 7) is 8.21. The fraction of sp³-hybridized carbons (Fsp3) is 0.542. The first-order chi connectivity index (χ1) is 15.8. The SMILES string of the molecule is Cc1cc(C)nc(S[C@@H]2C[C@@H](C(=O)N3CCCN(C)CC3)N(Cc3c(F)cccc3Cl)C2)n1. The molecule has 1 aromatic carbocycles. The molecule has 3 heterocycles. The van der Waals surface area contributed by atoms with E-state index in [1.807, 2.05) is 24.8 Å². The zero-order valence-corrected chi connectivity index (χ0v) is 21.0. The molecule has 2 fully saturated rings. The van der Waals surface area contributed by atoms with Crippen LogP contribution in [0.5, 0.6) is 0 Å². The second-order valence-corrected chi connectivity index (χ2v) is 10.7. The van der Waals surface area contributed by atoms with Gasteiger partial charge in [0, 0.05) is 59.9 Å². The lowest BCUT2D eigenvalue weighted by Crippen LogP contribution is -2.46. The number of likely N-dealkylation sites (N-methyl/N-ethyl adjacent to an activating group) is 1. The maximum atomic E-state index is 14.6. The van der Waals surface area contributed by atoms with Gasteiger partial charge in [-0.2, -0.15) is 0 Å². The number of hydrogen-bond donors (Lipinski definition) is 0. The number of thioether (sulfide) groups is 1. The van der Waals surface area contributed by atoms with Crippen LogP contribution in [0.4, 0.5) is 4.39 Å². The molecule has 6 nitrogen and oxygen atoms in total. The Bertz CT molecular complexity index is 968. The molecule has 0 bridgehead atoms. The Morgan fingerprint density at radius 2 is 1.94 bits per heavy atom. The molecule has 2 aliphatic heterocycles. The van der Waals surface area contributed by atoms with Crippen molar-refractivity contribution in [1.82, 2.24) is 24.7 Å². The third kappa shape index (κ3) is 6.04. The quantitative estimate of drug-likeness (QED) is 0.593. The van der Waals surface area contributed by atoms with Gasteiger partial charge in [0.1, 0.15) is 5.82 Å². The van der Waals surface area contributed by atoms with Gasteiger partial charge < -0.3 is 9.80 Å². The van der Waals surface area contributed by atoms with Gasteiger partial charge in [-0.3, -0.25) is 9.69 Å². The zero-order chi connectivity index (χ0) is 23.5. The highest BCUT2D eigenvalue weighted by atomic mass is 35.5. The number of hydrogen-bond acceptors (Lipinski definition) is 6. The normalized spacial score (nSPS) is 22.5. The molecule has 4 rings (SSSR count). The highest BCUT2D eigenvalue weighted by molar-refractivity contribution is 7.99. The minimum absolute atomic E-state index is 0.127. The maximum absolute atomic E-state index is 14.6. The molecule has 2 aliphatic rings. The molecular formula is C24H31ClFN5OS. The summed E-state index contributed by atoms with van der Waals surface area (Å²) in [7, 11) is 2.09. The van der Waals surface area contributed by atoms with E-state index in [9.17, 15) is 9.18 Å². The summed E-state index contributed by atoms with van der Waals surface area (Å²) < 4.78 is 14.6. The minimum atomic E-state index is -0.334. The van der Waals surface area contributed by atoms with Gasteiger partial charge in [0.2, 0.25) is 5.91 Å². The first kappa shape index (κ1) is 24.4. The van der Waals surface area contributed by atoms with Crippen LogP contribution in [0.25, 0.3) is 0 Å². The Morgan fingerprint density at radius 1 is 1.18 bits per heavy atom. The van der Waals surface area contributed by atoms with Crippen LogP contribution in [0.2, 0.25) is 5.02 Å². The lowest BCUT2D eigenvalue weighted by Gasteiger charge is -2.29. The molecule has 0 saturated carbocycles. The van der Waals surface area contributed by atoms with Gasteiger partial charge in [-0.15, -0.1) is 0 Å². The molecule has 2 saturated heterocycles. The van der Waals surface area contributed by atoms with Crippen LogP contribution in [0, 0.1) is 19.7 Å².